The third-order valence-electron chi connectivity index (χ3n) is 16.0. The molecule has 0 saturated carbocycles. The van der Waals surface area contributed by atoms with E-state index >= 15 is 0 Å². The van der Waals surface area contributed by atoms with Crippen LogP contribution in [0.2, 0.25) is 0 Å². The van der Waals surface area contributed by atoms with E-state index in [-0.39, 0.29) is 25.7 Å². The normalized spacial score (nSPS) is 15.0. The average molecular weight is 1270 g/mol. The van der Waals surface area contributed by atoms with Crippen molar-refractivity contribution in [3.05, 3.63) is 0 Å². The maximum Gasteiger partial charge on any atom is 0.472 e. The number of aliphatic hydroxyl groups excluding tert-OH is 1. The van der Waals surface area contributed by atoms with Gasteiger partial charge in [-0.3, -0.25) is 37.3 Å². The lowest BCUT2D eigenvalue weighted by Gasteiger charge is -2.21. The van der Waals surface area contributed by atoms with Crippen molar-refractivity contribution in [2.24, 2.45) is 23.7 Å². The van der Waals surface area contributed by atoms with Gasteiger partial charge in [-0.25, -0.2) is 9.13 Å². The van der Waals surface area contributed by atoms with E-state index in [4.69, 9.17) is 37.0 Å². The lowest BCUT2D eigenvalue weighted by Crippen LogP contribution is -2.30. The number of rotatable bonds is 64. The first-order valence-electron chi connectivity index (χ1n) is 34.8. The van der Waals surface area contributed by atoms with Gasteiger partial charge in [0.2, 0.25) is 0 Å². The lowest BCUT2D eigenvalue weighted by molar-refractivity contribution is -0.161. The Labute approximate surface area is 524 Å². The second kappa shape index (κ2) is 57.0. The first-order chi connectivity index (χ1) is 41.2. The molecule has 0 radical (unpaired) electrons. The molecule has 0 aromatic carbocycles. The SMILES string of the molecule is CCC(C)CCCCCCCCCCCCC(=O)O[C@H](COC(=O)CCCCCCCCCCC(C)C)COP(=O)(O)OC[C@@H](O)COP(=O)(O)OC[C@@H](COC(=O)CCCCCCCCC(C)C)OC(=O)CCCCCCCCCCC(C)CC. The second-order valence-electron chi connectivity index (χ2n) is 25.6. The minimum Gasteiger partial charge on any atom is -0.462 e. The summed E-state index contributed by atoms with van der Waals surface area (Å²) in [4.78, 5) is 72.4. The van der Waals surface area contributed by atoms with Crippen molar-refractivity contribution in [2.45, 2.75) is 343 Å². The molecule has 0 aliphatic rings. The first kappa shape index (κ1) is 84.1. The average Bonchev–Trinajstić information content (AvgIpc) is 3.66. The number of phosphoric acid groups is 2. The predicted octanol–water partition coefficient (Wildman–Crippen LogP) is 18.5. The summed E-state index contributed by atoms with van der Waals surface area (Å²) in [7, 11) is -9.90. The maximum atomic E-state index is 13.0. The van der Waals surface area contributed by atoms with Gasteiger partial charge in [-0.2, -0.15) is 0 Å². The minimum atomic E-state index is -4.95. The van der Waals surface area contributed by atoms with Crippen LogP contribution >= 0.6 is 15.6 Å². The summed E-state index contributed by atoms with van der Waals surface area (Å²) in [6, 6.07) is 0. The first-order valence-corrected chi connectivity index (χ1v) is 37.8. The molecule has 0 aromatic heterocycles. The Hall–Kier alpha value is -1.94. The van der Waals surface area contributed by atoms with Crippen LogP contribution in [0.1, 0.15) is 325 Å². The number of phosphoric ester groups is 2. The van der Waals surface area contributed by atoms with Crippen LogP contribution in [0, 0.1) is 23.7 Å². The van der Waals surface area contributed by atoms with Crippen LogP contribution in [-0.2, 0) is 65.4 Å². The van der Waals surface area contributed by atoms with Crippen molar-refractivity contribution in [1.82, 2.24) is 0 Å². The number of carbonyl (C=O) groups is 4. The van der Waals surface area contributed by atoms with E-state index < -0.39 is 97.5 Å². The Morgan fingerprint density at radius 2 is 0.558 bits per heavy atom. The number of carbonyl (C=O) groups excluding carboxylic acids is 4. The number of hydrogen-bond acceptors (Lipinski definition) is 15. The highest BCUT2D eigenvalue weighted by atomic mass is 31.2. The summed E-state index contributed by atoms with van der Waals surface area (Å²) in [5, 5.41) is 10.6. The third-order valence-corrected chi connectivity index (χ3v) is 17.9. The fourth-order valence-corrected chi connectivity index (χ4v) is 11.5. The summed E-state index contributed by atoms with van der Waals surface area (Å²) < 4.78 is 68.1. The van der Waals surface area contributed by atoms with Gasteiger partial charge in [-0.15, -0.1) is 0 Å². The number of ether oxygens (including phenoxy) is 4. The summed E-state index contributed by atoms with van der Waals surface area (Å²) in [5.74, 6) is 0.841. The molecular formula is C67H130O17P2. The lowest BCUT2D eigenvalue weighted by atomic mass is 9.99. The Bertz CT molecular complexity index is 1720. The molecule has 0 fully saturated rings. The summed E-state index contributed by atoms with van der Waals surface area (Å²) in [6.45, 7) is 14.0. The van der Waals surface area contributed by atoms with Gasteiger partial charge in [-0.05, 0) is 49.4 Å². The van der Waals surface area contributed by atoms with Gasteiger partial charge in [0.25, 0.3) is 0 Å². The fraction of sp³-hybridized carbons (Fsp3) is 0.940. The minimum absolute atomic E-state index is 0.103. The van der Waals surface area contributed by atoms with Gasteiger partial charge in [0.15, 0.2) is 12.2 Å². The summed E-state index contributed by atoms with van der Waals surface area (Å²) >= 11 is 0. The van der Waals surface area contributed by atoms with Crippen LogP contribution in [0.3, 0.4) is 0 Å². The van der Waals surface area contributed by atoms with Gasteiger partial charge in [0.1, 0.15) is 19.3 Å². The van der Waals surface area contributed by atoms with Crippen LogP contribution in [-0.4, -0.2) is 96.7 Å². The van der Waals surface area contributed by atoms with E-state index in [0.29, 0.717) is 31.6 Å². The van der Waals surface area contributed by atoms with Gasteiger partial charge in [0, 0.05) is 25.7 Å². The van der Waals surface area contributed by atoms with Crippen LogP contribution in [0.25, 0.3) is 0 Å². The quantitative estimate of drug-likeness (QED) is 0.0222. The highest BCUT2D eigenvalue weighted by molar-refractivity contribution is 7.47. The molecule has 17 nitrogen and oxygen atoms in total. The van der Waals surface area contributed by atoms with Gasteiger partial charge in [0.05, 0.1) is 26.4 Å². The largest absolute Gasteiger partial charge is 0.472 e. The van der Waals surface area contributed by atoms with E-state index in [1.807, 2.05) is 0 Å². The van der Waals surface area contributed by atoms with E-state index in [9.17, 15) is 43.2 Å². The smallest absolute Gasteiger partial charge is 0.462 e. The molecule has 0 aliphatic heterocycles. The topological polar surface area (TPSA) is 237 Å². The van der Waals surface area contributed by atoms with Crippen LogP contribution in [0.5, 0.6) is 0 Å². The van der Waals surface area contributed by atoms with Crippen LogP contribution in [0.4, 0.5) is 0 Å². The molecule has 4 unspecified atom stereocenters. The number of unbranched alkanes of at least 4 members (excludes halogenated alkanes) is 28. The molecule has 86 heavy (non-hydrogen) atoms. The molecule has 3 N–H and O–H groups in total. The predicted molar refractivity (Wildman–Crippen MR) is 344 cm³/mol. The number of hydrogen-bond donors (Lipinski definition) is 3. The monoisotopic (exact) mass is 1270 g/mol. The fourth-order valence-electron chi connectivity index (χ4n) is 9.89. The van der Waals surface area contributed by atoms with E-state index in [2.05, 4.69) is 55.4 Å². The Balaban J connectivity index is 5.26. The van der Waals surface area contributed by atoms with Gasteiger partial charge >= 0.3 is 39.5 Å². The van der Waals surface area contributed by atoms with Crippen molar-refractivity contribution in [2.75, 3.05) is 39.6 Å². The Morgan fingerprint density at radius 1 is 0.326 bits per heavy atom. The second-order valence-corrected chi connectivity index (χ2v) is 28.6. The zero-order chi connectivity index (χ0) is 63.9. The highest BCUT2D eigenvalue weighted by Gasteiger charge is 2.30. The zero-order valence-corrected chi connectivity index (χ0v) is 57.7. The molecule has 510 valence electrons. The summed E-state index contributed by atoms with van der Waals surface area (Å²) in [5.41, 5.74) is 0. The zero-order valence-electron chi connectivity index (χ0n) is 55.9. The van der Waals surface area contributed by atoms with Crippen LogP contribution < -0.4 is 0 Å². The van der Waals surface area contributed by atoms with Gasteiger partial charge in [-0.1, -0.05) is 274 Å². The Kier molecular flexibility index (Phi) is 55.7. The van der Waals surface area contributed by atoms with Crippen molar-refractivity contribution in [3.8, 4) is 0 Å². The highest BCUT2D eigenvalue weighted by Crippen LogP contribution is 2.45. The van der Waals surface area contributed by atoms with Crippen molar-refractivity contribution >= 4 is 39.5 Å². The maximum absolute atomic E-state index is 13.0. The van der Waals surface area contributed by atoms with Crippen molar-refractivity contribution in [3.63, 3.8) is 0 Å². The molecule has 7 atom stereocenters. The molecule has 0 rings (SSSR count). The third kappa shape index (κ3) is 58.4. The van der Waals surface area contributed by atoms with E-state index in [1.54, 1.807) is 0 Å². The molecule has 0 saturated heterocycles. The molecule has 0 heterocycles. The van der Waals surface area contributed by atoms with Gasteiger partial charge < -0.3 is 33.8 Å². The summed E-state index contributed by atoms with van der Waals surface area (Å²) in [6.07, 6.45) is 37.6. The van der Waals surface area contributed by atoms with E-state index in [0.717, 1.165) is 114 Å². The molecule has 0 spiro atoms. The number of aliphatic hydroxyl groups is 1. The molecule has 0 aliphatic carbocycles. The molecule has 0 amide bonds. The Morgan fingerprint density at radius 3 is 0.826 bits per heavy atom. The molecule has 0 aromatic rings. The van der Waals surface area contributed by atoms with Crippen LogP contribution in [0.15, 0.2) is 0 Å². The molecular weight excluding hydrogens is 1140 g/mol. The molecule has 0 bridgehead atoms. The molecule has 19 heteroatoms. The number of esters is 4. The van der Waals surface area contributed by atoms with Crippen molar-refractivity contribution < 1.29 is 80.2 Å². The van der Waals surface area contributed by atoms with Crippen molar-refractivity contribution in [1.29, 1.82) is 0 Å². The standard InChI is InChI=1S/C67H130O17P2/c1-9-59(7)45-37-29-20-13-11-12-14-23-33-41-49-66(71)83-62(53-77-64(69)47-39-31-22-17-15-19-27-35-43-57(3)4)55-81-85(73,74)79-51-61(68)52-80-86(75,76)82-56-63(54-78-65(70)48-40-32-26-25-28-36-44-58(5)6)84-67(72)50-42-34-24-18-16-21-30-38-46-60(8)10-2/h57-63,68H,9-56H2,1-8H3,(H,73,74)(H,75,76)/t59?,60?,61-,62-,63-/m1/s1. The van der Waals surface area contributed by atoms with E-state index in [1.165, 1.54) is 122 Å².